The Hall–Kier alpha value is -1.09. The fraction of sp³-hybridized carbons (Fsp3) is 0.600. The number of rotatable bonds is 9. The van der Waals surface area contributed by atoms with Crippen molar-refractivity contribution in [3.05, 3.63) is 23.9 Å². The molecule has 0 aliphatic heterocycles. The van der Waals surface area contributed by atoms with E-state index in [1.807, 2.05) is 26.0 Å². The van der Waals surface area contributed by atoms with Crippen LogP contribution in [0.25, 0.3) is 0 Å². The minimum Gasteiger partial charge on any atom is -0.481 e. The molecule has 0 saturated heterocycles. The third-order valence-corrected chi connectivity index (χ3v) is 2.73. The molecule has 0 unspecified atom stereocenters. The van der Waals surface area contributed by atoms with Crippen LogP contribution < -0.4 is 15.4 Å². The predicted molar refractivity (Wildman–Crippen MR) is 100 cm³/mol. The van der Waals surface area contributed by atoms with Gasteiger partial charge < -0.3 is 20.1 Å². The average Bonchev–Trinajstić information content (AvgIpc) is 2.52. The van der Waals surface area contributed by atoms with E-state index >= 15 is 0 Å². The molecule has 1 rings (SSSR count). The summed E-state index contributed by atoms with van der Waals surface area (Å²) in [6, 6.07) is 3.81. The maximum absolute atomic E-state index is 5.31. The van der Waals surface area contributed by atoms with Gasteiger partial charge in [-0.05, 0) is 25.8 Å². The van der Waals surface area contributed by atoms with Crippen molar-refractivity contribution in [3.63, 3.8) is 0 Å². The van der Waals surface area contributed by atoms with E-state index in [-0.39, 0.29) is 24.0 Å². The molecule has 0 aliphatic carbocycles. The number of aliphatic imine (C=N–C) groups is 1. The summed E-state index contributed by atoms with van der Waals surface area (Å²) in [4.78, 5) is 8.70. The van der Waals surface area contributed by atoms with E-state index in [1.165, 1.54) is 0 Å². The van der Waals surface area contributed by atoms with Gasteiger partial charge in [-0.2, -0.15) is 0 Å². The Labute approximate surface area is 150 Å². The topological polar surface area (TPSA) is 67.8 Å². The number of hydrogen-bond acceptors (Lipinski definition) is 4. The molecule has 0 amide bonds. The number of guanidine groups is 1. The van der Waals surface area contributed by atoms with Crippen molar-refractivity contribution in [3.8, 4) is 5.88 Å². The first kappa shape index (κ1) is 20.9. The van der Waals surface area contributed by atoms with Gasteiger partial charge in [-0.15, -0.1) is 24.0 Å². The van der Waals surface area contributed by atoms with Gasteiger partial charge in [0, 0.05) is 38.6 Å². The molecule has 0 spiro atoms. The molecule has 0 bridgehead atoms. The van der Waals surface area contributed by atoms with Gasteiger partial charge in [-0.25, -0.2) is 9.98 Å². The van der Waals surface area contributed by atoms with Crippen molar-refractivity contribution in [1.29, 1.82) is 0 Å². The van der Waals surface area contributed by atoms with Crippen molar-refractivity contribution in [1.82, 2.24) is 15.6 Å². The molecule has 6 nitrogen and oxygen atoms in total. The second-order valence-electron chi connectivity index (χ2n) is 4.38. The average molecular weight is 422 g/mol. The highest BCUT2D eigenvalue weighted by atomic mass is 127. The zero-order valence-electron chi connectivity index (χ0n) is 13.6. The fourth-order valence-electron chi connectivity index (χ4n) is 1.66. The molecule has 126 valence electrons. The van der Waals surface area contributed by atoms with Crippen LogP contribution in [0.15, 0.2) is 23.3 Å². The third-order valence-electron chi connectivity index (χ3n) is 2.73. The molecule has 0 saturated carbocycles. The molecule has 22 heavy (non-hydrogen) atoms. The van der Waals surface area contributed by atoms with Gasteiger partial charge in [0.15, 0.2) is 5.96 Å². The lowest BCUT2D eigenvalue weighted by Gasteiger charge is -2.11. The standard InChI is InChI=1S/C15H26N4O2.HI/c1-4-16-15(17-9-6-10-21-5-2)19-12-13-7-8-14(20-3)18-11-13;/h7-8,11H,4-6,9-10,12H2,1-3H3,(H2,16,17,19);1H. The molecule has 0 aliphatic rings. The van der Waals surface area contributed by atoms with Gasteiger partial charge in [0.2, 0.25) is 5.88 Å². The van der Waals surface area contributed by atoms with Crippen LogP contribution in [0.4, 0.5) is 0 Å². The van der Waals surface area contributed by atoms with Crippen LogP contribution >= 0.6 is 24.0 Å². The number of ether oxygens (including phenoxy) is 2. The third kappa shape index (κ3) is 9.04. The van der Waals surface area contributed by atoms with Crippen LogP contribution in [-0.2, 0) is 11.3 Å². The Kier molecular flexibility index (Phi) is 12.9. The SMILES string of the molecule is CCNC(=NCc1ccc(OC)nc1)NCCCOCC.I. The zero-order valence-corrected chi connectivity index (χ0v) is 15.9. The number of aromatic nitrogens is 1. The minimum absolute atomic E-state index is 0. The molecule has 0 fully saturated rings. The van der Waals surface area contributed by atoms with E-state index in [2.05, 4.69) is 20.6 Å². The Morgan fingerprint density at radius 3 is 2.68 bits per heavy atom. The van der Waals surface area contributed by atoms with E-state index in [0.29, 0.717) is 12.4 Å². The highest BCUT2D eigenvalue weighted by Crippen LogP contribution is 2.07. The predicted octanol–water partition coefficient (Wildman–Crippen LogP) is 2.19. The Balaban J connectivity index is 0.00000441. The van der Waals surface area contributed by atoms with Gasteiger partial charge in [0.05, 0.1) is 13.7 Å². The van der Waals surface area contributed by atoms with Crippen LogP contribution in [0, 0.1) is 0 Å². The largest absolute Gasteiger partial charge is 0.481 e. The number of halogens is 1. The lowest BCUT2D eigenvalue weighted by atomic mass is 10.3. The van der Waals surface area contributed by atoms with E-state index in [1.54, 1.807) is 13.3 Å². The number of pyridine rings is 1. The minimum atomic E-state index is 0. The number of methoxy groups -OCH3 is 1. The zero-order chi connectivity index (χ0) is 15.3. The Morgan fingerprint density at radius 2 is 2.09 bits per heavy atom. The van der Waals surface area contributed by atoms with Crippen molar-refractivity contribution in [2.75, 3.05) is 33.4 Å². The molecule has 0 aromatic carbocycles. The second-order valence-corrected chi connectivity index (χ2v) is 4.38. The summed E-state index contributed by atoms with van der Waals surface area (Å²) in [7, 11) is 1.61. The highest BCUT2D eigenvalue weighted by Gasteiger charge is 1.98. The summed E-state index contributed by atoms with van der Waals surface area (Å²) < 4.78 is 10.3. The van der Waals surface area contributed by atoms with E-state index in [0.717, 1.165) is 44.2 Å². The first-order valence-corrected chi connectivity index (χ1v) is 7.39. The van der Waals surface area contributed by atoms with Gasteiger partial charge in [0.1, 0.15) is 0 Å². The van der Waals surface area contributed by atoms with Crippen LogP contribution in [-0.4, -0.2) is 44.4 Å². The summed E-state index contributed by atoms with van der Waals surface area (Å²) in [5, 5.41) is 6.51. The van der Waals surface area contributed by atoms with Crippen molar-refractivity contribution in [2.45, 2.75) is 26.8 Å². The molecular weight excluding hydrogens is 395 g/mol. The first-order chi connectivity index (χ1) is 10.3. The number of nitrogens with one attached hydrogen (secondary N) is 2. The van der Waals surface area contributed by atoms with Crippen LogP contribution in [0.2, 0.25) is 0 Å². The molecule has 1 aromatic heterocycles. The van der Waals surface area contributed by atoms with Crippen LogP contribution in [0.1, 0.15) is 25.8 Å². The summed E-state index contributed by atoms with van der Waals surface area (Å²) in [5.74, 6) is 1.42. The molecule has 1 aromatic rings. The van der Waals surface area contributed by atoms with Crippen molar-refractivity contribution < 1.29 is 9.47 Å². The molecular formula is C15H27IN4O2. The van der Waals surface area contributed by atoms with Gasteiger partial charge >= 0.3 is 0 Å². The van der Waals surface area contributed by atoms with E-state index in [9.17, 15) is 0 Å². The van der Waals surface area contributed by atoms with Crippen molar-refractivity contribution in [2.24, 2.45) is 4.99 Å². The lowest BCUT2D eigenvalue weighted by Crippen LogP contribution is -2.38. The molecule has 7 heteroatoms. The maximum atomic E-state index is 5.31. The molecule has 0 radical (unpaired) electrons. The van der Waals surface area contributed by atoms with Gasteiger partial charge in [0.25, 0.3) is 0 Å². The van der Waals surface area contributed by atoms with Crippen LogP contribution in [0.3, 0.4) is 0 Å². The summed E-state index contributed by atoms with van der Waals surface area (Å²) in [6.45, 7) is 7.83. The maximum Gasteiger partial charge on any atom is 0.212 e. The second kappa shape index (κ2) is 13.6. The molecule has 1 heterocycles. The quantitative estimate of drug-likeness (QED) is 0.277. The van der Waals surface area contributed by atoms with E-state index < -0.39 is 0 Å². The summed E-state index contributed by atoms with van der Waals surface area (Å²) in [5.41, 5.74) is 1.04. The number of nitrogens with zero attached hydrogens (tertiary/aromatic N) is 2. The highest BCUT2D eigenvalue weighted by molar-refractivity contribution is 14.0. The molecule has 2 N–H and O–H groups in total. The fourth-order valence-corrected chi connectivity index (χ4v) is 1.66. The smallest absolute Gasteiger partial charge is 0.212 e. The number of hydrogen-bond donors (Lipinski definition) is 2. The van der Waals surface area contributed by atoms with E-state index in [4.69, 9.17) is 9.47 Å². The van der Waals surface area contributed by atoms with Crippen LogP contribution in [0.5, 0.6) is 5.88 Å². The summed E-state index contributed by atoms with van der Waals surface area (Å²) in [6.07, 6.45) is 2.74. The monoisotopic (exact) mass is 422 g/mol. The van der Waals surface area contributed by atoms with Crippen molar-refractivity contribution >= 4 is 29.9 Å². The Bertz CT molecular complexity index is 413. The lowest BCUT2D eigenvalue weighted by molar-refractivity contribution is 0.145. The first-order valence-electron chi connectivity index (χ1n) is 7.39. The Morgan fingerprint density at radius 1 is 1.27 bits per heavy atom. The summed E-state index contributed by atoms with van der Waals surface area (Å²) >= 11 is 0. The molecule has 0 atom stereocenters. The van der Waals surface area contributed by atoms with Gasteiger partial charge in [-0.1, -0.05) is 6.07 Å². The normalized spacial score (nSPS) is 10.8. The van der Waals surface area contributed by atoms with Gasteiger partial charge in [-0.3, -0.25) is 0 Å².